The second kappa shape index (κ2) is 5.99. The fourth-order valence-electron chi connectivity index (χ4n) is 4.79. The molecule has 3 fully saturated rings. The van der Waals surface area contributed by atoms with Crippen molar-refractivity contribution in [1.29, 1.82) is 0 Å². The van der Waals surface area contributed by atoms with Crippen molar-refractivity contribution < 1.29 is 4.79 Å². The van der Waals surface area contributed by atoms with E-state index in [0.29, 0.717) is 17.7 Å². The number of carbonyl (C=O) groups excluding carboxylic acids is 1. The summed E-state index contributed by atoms with van der Waals surface area (Å²) >= 11 is 6.28. The van der Waals surface area contributed by atoms with E-state index in [9.17, 15) is 4.79 Å². The first-order valence-corrected chi connectivity index (χ1v) is 9.07. The number of hydrogen-bond acceptors (Lipinski definition) is 3. The van der Waals surface area contributed by atoms with E-state index in [4.69, 9.17) is 17.3 Å². The van der Waals surface area contributed by atoms with Crippen LogP contribution in [0.3, 0.4) is 0 Å². The van der Waals surface area contributed by atoms with Crippen LogP contribution in [0.25, 0.3) is 0 Å². The zero-order chi connectivity index (χ0) is 16.0. The monoisotopic (exact) mass is 333 g/mol. The number of carbonyl (C=O) groups is 1. The van der Waals surface area contributed by atoms with Crippen molar-refractivity contribution in [2.45, 2.75) is 25.3 Å². The Bertz CT molecular complexity index is 598. The SMILES string of the molecule is NC1C2CCC(C2)C1C(=O)N1CCN(c2ccccc2Cl)CC1. The van der Waals surface area contributed by atoms with Crippen molar-refractivity contribution >= 4 is 23.2 Å². The lowest BCUT2D eigenvalue weighted by Crippen LogP contribution is -2.54. The predicted molar refractivity (Wildman–Crippen MR) is 92.5 cm³/mol. The third-order valence-electron chi connectivity index (χ3n) is 6.05. The molecule has 1 aromatic rings. The minimum atomic E-state index is 0.0700. The van der Waals surface area contributed by atoms with Crippen LogP contribution in [0.15, 0.2) is 24.3 Å². The van der Waals surface area contributed by atoms with Crippen LogP contribution in [0.2, 0.25) is 5.02 Å². The van der Waals surface area contributed by atoms with Crippen LogP contribution >= 0.6 is 11.6 Å². The first-order valence-electron chi connectivity index (χ1n) is 8.69. The first-order chi connectivity index (χ1) is 11.1. The zero-order valence-corrected chi connectivity index (χ0v) is 14.1. The molecule has 2 N–H and O–H groups in total. The minimum absolute atomic E-state index is 0.0700. The molecule has 1 heterocycles. The molecule has 0 spiro atoms. The van der Waals surface area contributed by atoms with Crippen LogP contribution in [0.4, 0.5) is 5.69 Å². The summed E-state index contributed by atoms with van der Waals surface area (Å²) in [5, 5.41) is 0.780. The van der Waals surface area contributed by atoms with Gasteiger partial charge in [0.15, 0.2) is 0 Å². The zero-order valence-electron chi connectivity index (χ0n) is 13.3. The van der Waals surface area contributed by atoms with Gasteiger partial charge >= 0.3 is 0 Å². The van der Waals surface area contributed by atoms with Crippen molar-refractivity contribution in [3.63, 3.8) is 0 Å². The maximum atomic E-state index is 12.9. The Balaban J connectivity index is 1.40. The number of piperazine rings is 1. The molecule has 3 aliphatic rings. The van der Waals surface area contributed by atoms with Gasteiger partial charge in [0.1, 0.15) is 0 Å². The molecule has 4 unspecified atom stereocenters. The van der Waals surface area contributed by atoms with Gasteiger partial charge in [0.2, 0.25) is 5.91 Å². The third-order valence-corrected chi connectivity index (χ3v) is 6.37. The van der Waals surface area contributed by atoms with Crippen LogP contribution in [0, 0.1) is 17.8 Å². The van der Waals surface area contributed by atoms with Crippen molar-refractivity contribution in [2.24, 2.45) is 23.5 Å². The Morgan fingerprint density at radius 1 is 1.09 bits per heavy atom. The third kappa shape index (κ3) is 2.62. The standard InChI is InChI=1S/C18H24ClN3O/c19-14-3-1-2-4-15(14)21-7-9-22(10-8-21)18(23)16-12-5-6-13(11-12)17(16)20/h1-4,12-13,16-17H,5-11,20H2. The van der Waals surface area contributed by atoms with Gasteiger partial charge in [0.25, 0.3) is 0 Å². The lowest BCUT2D eigenvalue weighted by Gasteiger charge is -2.39. The Hall–Kier alpha value is -1.26. The van der Waals surface area contributed by atoms with E-state index in [-0.39, 0.29) is 12.0 Å². The second-order valence-electron chi connectivity index (χ2n) is 7.20. The summed E-state index contributed by atoms with van der Waals surface area (Å²) in [6.45, 7) is 3.21. The van der Waals surface area contributed by atoms with Crippen molar-refractivity contribution in [3.05, 3.63) is 29.3 Å². The number of nitrogens with two attached hydrogens (primary N) is 1. The van der Waals surface area contributed by atoms with E-state index in [2.05, 4.69) is 4.90 Å². The Morgan fingerprint density at radius 3 is 2.43 bits per heavy atom. The Morgan fingerprint density at radius 2 is 1.78 bits per heavy atom. The molecule has 1 amide bonds. The molecule has 0 radical (unpaired) electrons. The maximum Gasteiger partial charge on any atom is 0.227 e. The summed E-state index contributed by atoms with van der Waals surface area (Å²) in [5.41, 5.74) is 7.40. The van der Waals surface area contributed by atoms with Crippen LogP contribution in [0.1, 0.15) is 19.3 Å². The topological polar surface area (TPSA) is 49.6 Å². The molecule has 2 bridgehead atoms. The van der Waals surface area contributed by atoms with Gasteiger partial charge in [0.05, 0.1) is 16.6 Å². The molecule has 124 valence electrons. The summed E-state index contributed by atoms with van der Waals surface area (Å²) in [7, 11) is 0. The van der Waals surface area contributed by atoms with Gasteiger partial charge in [-0.15, -0.1) is 0 Å². The number of fused-ring (bicyclic) bond motifs is 2. The molecular weight excluding hydrogens is 310 g/mol. The van der Waals surface area contributed by atoms with Crippen molar-refractivity contribution in [3.8, 4) is 0 Å². The number of rotatable bonds is 2. The number of benzene rings is 1. The van der Waals surface area contributed by atoms with E-state index >= 15 is 0 Å². The fraction of sp³-hybridized carbons (Fsp3) is 0.611. The Kier molecular flexibility index (Phi) is 3.98. The highest BCUT2D eigenvalue weighted by Crippen LogP contribution is 2.48. The lowest BCUT2D eigenvalue weighted by atomic mass is 9.84. The number of nitrogens with zero attached hydrogens (tertiary/aromatic N) is 2. The number of hydrogen-bond donors (Lipinski definition) is 1. The number of anilines is 1. The fourth-order valence-corrected chi connectivity index (χ4v) is 5.04. The Labute approximate surface area is 142 Å². The van der Waals surface area contributed by atoms with Gasteiger partial charge in [-0.2, -0.15) is 0 Å². The van der Waals surface area contributed by atoms with Gasteiger partial charge in [-0.05, 0) is 43.2 Å². The van der Waals surface area contributed by atoms with Gasteiger partial charge in [-0.3, -0.25) is 4.79 Å². The average Bonchev–Trinajstić information content (AvgIpc) is 3.16. The summed E-state index contributed by atoms with van der Waals surface area (Å²) in [4.78, 5) is 17.2. The molecule has 23 heavy (non-hydrogen) atoms. The van der Waals surface area contributed by atoms with Crippen LogP contribution < -0.4 is 10.6 Å². The molecule has 4 nitrogen and oxygen atoms in total. The smallest absolute Gasteiger partial charge is 0.227 e. The summed E-state index contributed by atoms with van der Waals surface area (Å²) in [5.74, 6) is 1.48. The normalized spacial score (nSPS) is 33.3. The van der Waals surface area contributed by atoms with Crippen LogP contribution in [0.5, 0.6) is 0 Å². The summed E-state index contributed by atoms with van der Waals surface area (Å²) in [6.07, 6.45) is 3.57. The molecule has 4 atom stereocenters. The van der Waals surface area contributed by atoms with E-state index in [0.717, 1.165) is 43.3 Å². The van der Waals surface area contributed by atoms with Gasteiger partial charge in [-0.25, -0.2) is 0 Å². The maximum absolute atomic E-state index is 12.9. The van der Waals surface area contributed by atoms with E-state index in [1.54, 1.807) is 0 Å². The van der Waals surface area contributed by atoms with Crippen molar-refractivity contribution in [1.82, 2.24) is 4.90 Å². The van der Waals surface area contributed by atoms with Gasteiger partial charge < -0.3 is 15.5 Å². The second-order valence-corrected chi connectivity index (χ2v) is 7.61. The number of amides is 1. The average molecular weight is 334 g/mol. The van der Waals surface area contributed by atoms with E-state index in [1.807, 2.05) is 29.2 Å². The van der Waals surface area contributed by atoms with E-state index < -0.39 is 0 Å². The lowest BCUT2D eigenvalue weighted by molar-refractivity contribution is -0.138. The largest absolute Gasteiger partial charge is 0.367 e. The molecule has 0 aromatic heterocycles. The molecule has 2 aliphatic carbocycles. The highest BCUT2D eigenvalue weighted by molar-refractivity contribution is 6.33. The summed E-state index contributed by atoms with van der Waals surface area (Å²) < 4.78 is 0. The van der Waals surface area contributed by atoms with Crippen molar-refractivity contribution in [2.75, 3.05) is 31.1 Å². The van der Waals surface area contributed by atoms with E-state index in [1.165, 1.54) is 12.8 Å². The minimum Gasteiger partial charge on any atom is -0.367 e. The van der Waals surface area contributed by atoms with Crippen LogP contribution in [-0.4, -0.2) is 43.0 Å². The highest BCUT2D eigenvalue weighted by Gasteiger charge is 2.50. The molecule has 1 aliphatic heterocycles. The molecule has 4 rings (SSSR count). The molecule has 1 saturated heterocycles. The first kappa shape index (κ1) is 15.3. The number of halogens is 1. The molecular formula is C18H24ClN3O. The highest BCUT2D eigenvalue weighted by atomic mass is 35.5. The predicted octanol–water partition coefficient (Wildman–Crippen LogP) is 2.36. The van der Waals surface area contributed by atoms with Crippen LogP contribution in [-0.2, 0) is 4.79 Å². The summed E-state index contributed by atoms with van der Waals surface area (Å²) in [6, 6.07) is 8.01. The molecule has 5 heteroatoms. The number of para-hydroxylation sites is 1. The molecule has 2 saturated carbocycles. The quantitative estimate of drug-likeness (QED) is 0.904. The van der Waals surface area contributed by atoms with Gasteiger partial charge in [-0.1, -0.05) is 23.7 Å². The van der Waals surface area contributed by atoms with Gasteiger partial charge in [0, 0.05) is 32.2 Å². The molecule has 1 aromatic carbocycles.